The largest absolute Gasteiger partial charge is 0.324 e. The zero-order valence-electron chi connectivity index (χ0n) is 17.0. The predicted molar refractivity (Wildman–Crippen MR) is 112 cm³/mol. The van der Waals surface area contributed by atoms with Crippen LogP contribution in [0, 0.1) is 0 Å². The molecular formula is C22H24N4O3. The fraction of sp³-hybridized carbons (Fsp3) is 0.364. The van der Waals surface area contributed by atoms with Crippen molar-refractivity contribution in [1.29, 1.82) is 0 Å². The van der Waals surface area contributed by atoms with Crippen LogP contribution < -0.4 is 10.2 Å². The molecule has 1 aromatic carbocycles. The Kier molecular flexibility index (Phi) is 4.41. The molecule has 0 saturated heterocycles. The minimum Gasteiger partial charge on any atom is -0.324 e. The summed E-state index contributed by atoms with van der Waals surface area (Å²) < 4.78 is 0. The first-order chi connectivity index (χ1) is 13.7. The second-order valence-electron chi connectivity index (χ2n) is 8.13. The monoisotopic (exact) mass is 392 g/mol. The number of aliphatic imine (C=N–C) groups is 1. The molecule has 0 bridgehead atoms. The van der Waals surface area contributed by atoms with Crippen molar-refractivity contribution in [1.82, 2.24) is 4.90 Å². The zero-order valence-corrected chi connectivity index (χ0v) is 17.0. The van der Waals surface area contributed by atoms with Crippen LogP contribution in [0.1, 0.15) is 39.7 Å². The Morgan fingerprint density at radius 3 is 2.79 bits per heavy atom. The molecule has 1 aromatic rings. The van der Waals surface area contributed by atoms with Gasteiger partial charge in [-0.15, -0.1) is 0 Å². The van der Waals surface area contributed by atoms with Crippen molar-refractivity contribution in [3.05, 3.63) is 47.7 Å². The number of amides is 3. The molecule has 3 aliphatic rings. The summed E-state index contributed by atoms with van der Waals surface area (Å²) >= 11 is 0. The fourth-order valence-electron chi connectivity index (χ4n) is 4.28. The van der Waals surface area contributed by atoms with Crippen molar-refractivity contribution >= 4 is 34.9 Å². The molecule has 3 amide bonds. The highest BCUT2D eigenvalue weighted by molar-refractivity contribution is 6.12. The smallest absolute Gasteiger partial charge is 0.250 e. The Morgan fingerprint density at radius 1 is 1.31 bits per heavy atom. The molecule has 150 valence electrons. The molecule has 3 heterocycles. The highest BCUT2D eigenvalue weighted by Crippen LogP contribution is 2.35. The number of anilines is 2. The molecular weight excluding hydrogens is 368 g/mol. The van der Waals surface area contributed by atoms with Gasteiger partial charge in [0.25, 0.3) is 11.8 Å². The maximum absolute atomic E-state index is 13.2. The van der Waals surface area contributed by atoms with Gasteiger partial charge in [-0.2, -0.15) is 4.99 Å². The van der Waals surface area contributed by atoms with Crippen molar-refractivity contribution in [2.45, 2.75) is 52.1 Å². The third kappa shape index (κ3) is 3.16. The van der Waals surface area contributed by atoms with Crippen LogP contribution in [0.5, 0.6) is 0 Å². The number of rotatable bonds is 2. The van der Waals surface area contributed by atoms with Crippen molar-refractivity contribution in [2.75, 3.05) is 10.2 Å². The molecule has 7 nitrogen and oxygen atoms in total. The van der Waals surface area contributed by atoms with Crippen molar-refractivity contribution in [3.8, 4) is 0 Å². The van der Waals surface area contributed by atoms with Gasteiger partial charge in [0.1, 0.15) is 11.4 Å². The van der Waals surface area contributed by atoms with E-state index < -0.39 is 5.54 Å². The first-order valence-electron chi connectivity index (χ1n) is 9.70. The number of carbonyl (C=O) groups is 3. The van der Waals surface area contributed by atoms with Crippen LogP contribution in [-0.2, 0) is 20.8 Å². The van der Waals surface area contributed by atoms with Crippen LogP contribution in [0.25, 0.3) is 0 Å². The van der Waals surface area contributed by atoms with E-state index in [2.05, 4.69) is 10.3 Å². The standard InChI is InChI=1S/C22H24N4O3/c1-13-7-8-25-19(9-13)24-20(28)12-22(25,4)21(29)23-17-5-6-18-16(11-17)10-14(2)26(18)15(3)27/h5-9,11,14H,10,12H2,1-4H3,(H,23,29)/t14-,22+/m1/s1. The van der Waals surface area contributed by atoms with E-state index in [1.54, 1.807) is 42.0 Å². The maximum Gasteiger partial charge on any atom is 0.250 e. The van der Waals surface area contributed by atoms with Gasteiger partial charge < -0.3 is 15.1 Å². The van der Waals surface area contributed by atoms with Crippen LogP contribution in [0.3, 0.4) is 0 Å². The average molecular weight is 392 g/mol. The molecule has 3 aliphatic heterocycles. The van der Waals surface area contributed by atoms with Crippen molar-refractivity contribution < 1.29 is 14.4 Å². The summed E-state index contributed by atoms with van der Waals surface area (Å²) in [5, 5.41) is 2.96. The molecule has 0 aromatic heterocycles. The van der Waals surface area contributed by atoms with E-state index in [4.69, 9.17) is 0 Å². The van der Waals surface area contributed by atoms with Gasteiger partial charge in [0.2, 0.25) is 5.91 Å². The van der Waals surface area contributed by atoms with E-state index in [0.29, 0.717) is 11.5 Å². The number of allylic oxidation sites excluding steroid dienone is 2. The SMILES string of the molecule is CC(=O)N1c2ccc(NC(=O)[C@]3(C)CC(=O)N=C4C=C(C)C=CN43)cc2C[C@H]1C. The van der Waals surface area contributed by atoms with Crippen LogP contribution in [-0.4, -0.2) is 40.0 Å². The molecule has 4 rings (SSSR count). The van der Waals surface area contributed by atoms with E-state index in [-0.39, 0.29) is 30.2 Å². The highest BCUT2D eigenvalue weighted by Gasteiger charge is 2.45. The number of benzene rings is 1. The summed E-state index contributed by atoms with van der Waals surface area (Å²) in [6.45, 7) is 7.24. The first kappa shape index (κ1) is 19.1. The van der Waals surface area contributed by atoms with E-state index in [9.17, 15) is 14.4 Å². The number of amidine groups is 1. The molecule has 0 unspecified atom stereocenters. The summed E-state index contributed by atoms with van der Waals surface area (Å²) in [5.74, 6) is -0.0921. The Balaban J connectivity index is 1.60. The number of carbonyl (C=O) groups excluding carboxylic acids is 3. The molecule has 7 heteroatoms. The summed E-state index contributed by atoms with van der Waals surface area (Å²) in [4.78, 5) is 45.0. The molecule has 2 atom stereocenters. The first-order valence-corrected chi connectivity index (χ1v) is 9.70. The number of nitrogens with zero attached hydrogens (tertiary/aromatic N) is 3. The van der Waals surface area contributed by atoms with E-state index in [0.717, 1.165) is 23.2 Å². The Morgan fingerprint density at radius 2 is 2.07 bits per heavy atom. The zero-order chi connectivity index (χ0) is 20.9. The lowest BCUT2D eigenvalue weighted by Gasteiger charge is -2.42. The molecule has 0 aliphatic carbocycles. The van der Waals surface area contributed by atoms with Gasteiger partial charge in [-0.25, -0.2) is 0 Å². The second kappa shape index (κ2) is 6.69. The van der Waals surface area contributed by atoms with E-state index >= 15 is 0 Å². The average Bonchev–Trinajstić information content (AvgIpc) is 2.96. The number of fused-ring (bicyclic) bond motifs is 2. The summed E-state index contributed by atoms with van der Waals surface area (Å²) in [6, 6.07) is 5.66. The topological polar surface area (TPSA) is 82.1 Å². The van der Waals surface area contributed by atoms with Gasteiger partial charge in [0.15, 0.2) is 0 Å². The molecule has 1 N–H and O–H groups in total. The van der Waals surface area contributed by atoms with Gasteiger partial charge in [-0.1, -0.05) is 0 Å². The molecule has 29 heavy (non-hydrogen) atoms. The Bertz CT molecular complexity index is 1020. The van der Waals surface area contributed by atoms with Crippen LogP contribution in [0.2, 0.25) is 0 Å². The summed E-state index contributed by atoms with van der Waals surface area (Å²) in [5.41, 5.74) is 2.46. The van der Waals surface area contributed by atoms with Gasteiger partial charge in [0, 0.05) is 30.5 Å². The highest BCUT2D eigenvalue weighted by atomic mass is 16.2. The number of hydrogen-bond acceptors (Lipinski definition) is 4. The fourth-order valence-corrected chi connectivity index (χ4v) is 4.28. The van der Waals surface area contributed by atoms with Gasteiger partial charge in [0.05, 0.1) is 6.42 Å². The summed E-state index contributed by atoms with van der Waals surface area (Å²) in [7, 11) is 0. The van der Waals surface area contributed by atoms with Crippen LogP contribution >= 0.6 is 0 Å². The number of hydrogen-bond donors (Lipinski definition) is 1. The molecule has 0 radical (unpaired) electrons. The normalized spacial score (nSPS) is 25.2. The lowest BCUT2D eigenvalue weighted by molar-refractivity contribution is -0.130. The van der Waals surface area contributed by atoms with Gasteiger partial charge in [-0.3, -0.25) is 14.4 Å². The molecule has 0 saturated carbocycles. The third-order valence-corrected chi connectivity index (χ3v) is 5.74. The lowest BCUT2D eigenvalue weighted by atomic mass is 9.90. The minimum absolute atomic E-state index is 0.000347. The van der Waals surface area contributed by atoms with Crippen molar-refractivity contribution in [3.63, 3.8) is 0 Å². The second-order valence-corrected chi connectivity index (χ2v) is 8.13. The maximum atomic E-state index is 13.2. The summed E-state index contributed by atoms with van der Waals surface area (Å²) in [6.07, 6.45) is 6.24. The van der Waals surface area contributed by atoms with Crippen LogP contribution in [0.15, 0.2) is 47.1 Å². The molecule has 0 spiro atoms. The van der Waals surface area contributed by atoms with E-state index in [1.807, 2.05) is 32.1 Å². The number of nitrogens with one attached hydrogen (secondary N) is 1. The minimum atomic E-state index is -1.07. The van der Waals surface area contributed by atoms with Crippen LogP contribution in [0.4, 0.5) is 11.4 Å². The Hall–Kier alpha value is -3.22. The van der Waals surface area contributed by atoms with Crippen molar-refractivity contribution in [2.24, 2.45) is 4.99 Å². The van der Waals surface area contributed by atoms with Gasteiger partial charge in [-0.05, 0) is 68.7 Å². The van der Waals surface area contributed by atoms with E-state index in [1.165, 1.54) is 0 Å². The molecule has 0 fully saturated rings. The third-order valence-electron chi connectivity index (χ3n) is 5.74. The Labute approximate surface area is 169 Å². The predicted octanol–water partition coefficient (Wildman–Crippen LogP) is 2.79. The quantitative estimate of drug-likeness (QED) is 0.839. The lowest BCUT2D eigenvalue weighted by Crippen LogP contribution is -2.58. The van der Waals surface area contributed by atoms with Gasteiger partial charge >= 0.3 is 0 Å².